The summed E-state index contributed by atoms with van der Waals surface area (Å²) in [6.07, 6.45) is 1.05. The van der Waals surface area contributed by atoms with Gasteiger partial charge < -0.3 is 15.1 Å². The Labute approximate surface area is 122 Å². The number of nitrogens with one attached hydrogen (secondary N) is 1. The molecule has 0 saturated heterocycles. The van der Waals surface area contributed by atoms with Gasteiger partial charge in [0.1, 0.15) is 0 Å². The molecule has 0 fully saturated rings. The Bertz CT molecular complexity index is 405. The predicted molar refractivity (Wildman–Crippen MR) is 85.7 cm³/mol. The average Bonchev–Trinajstić information content (AvgIpc) is 2.47. The molecule has 0 amide bonds. The lowest BCUT2D eigenvalue weighted by Gasteiger charge is -2.26. The molecular formula is C14H28N6. The van der Waals surface area contributed by atoms with Crippen LogP contribution in [0.2, 0.25) is 0 Å². The van der Waals surface area contributed by atoms with E-state index in [1.165, 1.54) is 0 Å². The Morgan fingerprint density at radius 1 is 1.00 bits per heavy atom. The molecule has 1 rings (SSSR count). The monoisotopic (exact) mass is 280 g/mol. The fraction of sp³-hybridized carbons (Fsp3) is 0.786. The second-order valence-corrected chi connectivity index (χ2v) is 4.83. The third-order valence-electron chi connectivity index (χ3n) is 3.56. The van der Waals surface area contributed by atoms with Crippen molar-refractivity contribution < 1.29 is 0 Å². The molecule has 1 heterocycles. The van der Waals surface area contributed by atoms with Crippen molar-refractivity contribution in [2.45, 2.75) is 47.1 Å². The molecule has 6 nitrogen and oxygen atoms in total. The fourth-order valence-electron chi connectivity index (χ4n) is 1.87. The van der Waals surface area contributed by atoms with Gasteiger partial charge >= 0.3 is 0 Å². The zero-order valence-electron chi connectivity index (χ0n) is 13.6. The normalized spacial score (nSPS) is 12.1. The topological polar surface area (TPSA) is 57.2 Å². The Morgan fingerprint density at radius 2 is 1.60 bits per heavy atom. The molecule has 0 aromatic carbocycles. The number of nitrogens with zero attached hydrogens (tertiary/aromatic N) is 5. The highest BCUT2D eigenvalue weighted by Gasteiger charge is 2.16. The van der Waals surface area contributed by atoms with E-state index in [0.29, 0.717) is 12.0 Å². The van der Waals surface area contributed by atoms with Crippen LogP contribution in [0.1, 0.15) is 41.0 Å². The molecule has 0 aliphatic carbocycles. The molecule has 114 valence electrons. The highest BCUT2D eigenvalue weighted by Crippen LogP contribution is 2.18. The first kappa shape index (κ1) is 16.5. The van der Waals surface area contributed by atoms with Crippen molar-refractivity contribution in [3.63, 3.8) is 0 Å². The number of rotatable bonds is 8. The largest absolute Gasteiger partial charge is 0.354 e. The highest BCUT2D eigenvalue weighted by molar-refractivity contribution is 5.45. The van der Waals surface area contributed by atoms with Crippen LogP contribution >= 0.6 is 0 Å². The molecule has 1 N–H and O–H groups in total. The van der Waals surface area contributed by atoms with Gasteiger partial charge in [-0.15, -0.1) is 0 Å². The van der Waals surface area contributed by atoms with Crippen molar-refractivity contribution in [2.24, 2.45) is 0 Å². The van der Waals surface area contributed by atoms with Gasteiger partial charge in [-0.3, -0.25) is 0 Å². The molecular weight excluding hydrogens is 252 g/mol. The molecule has 0 aliphatic heterocycles. The van der Waals surface area contributed by atoms with E-state index in [9.17, 15) is 0 Å². The van der Waals surface area contributed by atoms with Gasteiger partial charge in [-0.05, 0) is 34.1 Å². The minimum atomic E-state index is 0.399. The van der Waals surface area contributed by atoms with Crippen LogP contribution in [-0.4, -0.2) is 47.7 Å². The van der Waals surface area contributed by atoms with Crippen LogP contribution in [0, 0.1) is 0 Å². The fourth-order valence-corrected chi connectivity index (χ4v) is 1.87. The van der Waals surface area contributed by atoms with Crippen molar-refractivity contribution in [3.05, 3.63) is 0 Å². The van der Waals surface area contributed by atoms with Gasteiger partial charge in [0.15, 0.2) is 0 Å². The predicted octanol–water partition coefficient (Wildman–Crippen LogP) is 2.38. The minimum absolute atomic E-state index is 0.399. The van der Waals surface area contributed by atoms with Gasteiger partial charge in [0, 0.05) is 32.7 Å². The summed E-state index contributed by atoms with van der Waals surface area (Å²) in [5, 5.41) is 3.19. The summed E-state index contributed by atoms with van der Waals surface area (Å²) >= 11 is 0. The zero-order valence-corrected chi connectivity index (χ0v) is 13.6. The Balaban J connectivity index is 3.16. The molecule has 0 spiro atoms. The lowest BCUT2D eigenvalue weighted by atomic mass is 10.2. The molecule has 1 atom stereocenters. The van der Waals surface area contributed by atoms with Crippen LogP contribution in [0.25, 0.3) is 0 Å². The molecule has 0 bridgehead atoms. The summed E-state index contributed by atoms with van der Waals surface area (Å²) < 4.78 is 0. The van der Waals surface area contributed by atoms with E-state index >= 15 is 0 Å². The summed E-state index contributed by atoms with van der Waals surface area (Å²) in [4.78, 5) is 17.9. The molecule has 0 radical (unpaired) electrons. The second-order valence-electron chi connectivity index (χ2n) is 4.83. The molecule has 6 heteroatoms. The maximum absolute atomic E-state index is 4.62. The third-order valence-corrected chi connectivity index (χ3v) is 3.56. The van der Waals surface area contributed by atoms with Gasteiger partial charge in [0.05, 0.1) is 0 Å². The van der Waals surface area contributed by atoms with Gasteiger partial charge in [0.2, 0.25) is 17.8 Å². The van der Waals surface area contributed by atoms with Crippen LogP contribution in [0.15, 0.2) is 0 Å². The second kappa shape index (κ2) is 7.87. The van der Waals surface area contributed by atoms with Crippen LogP contribution < -0.4 is 15.1 Å². The van der Waals surface area contributed by atoms with Crippen LogP contribution in [-0.2, 0) is 0 Å². The smallest absolute Gasteiger partial charge is 0.231 e. The van der Waals surface area contributed by atoms with Gasteiger partial charge in [0.25, 0.3) is 0 Å². The van der Waals surface area contributed by atoms with E-state index in [1.807, 2.05) is 14.0 Å². The number of anilines is 3. The van der Waals surface area contributed by atoms with E-state index in [4.69, 9.17) is 0 Å². The summed E-state index contributed by atoms with van der Waals surface area (Å²) in [5.41, 5.74) is 0. The third kappa shape index (κ3) is 3.95. The lowest BCUT2D eigenvalue weighted by Crippen LogP contribution is -2.32. The van der Waals surface area contributed by atoms with Gasteiger partial charge in [-0.25, -0.2) is 0 Å². The molecule has 0 saturated carbocycles. The number of aromatic nitrogens is 3. The Kier molecular flexibility index (Phi) is 6.48. The molecule has 0 aliphatic rings. The number of hydrogen-bond acceptors (Lipinski definition) is 6. The maximum Gasteiger partial charge on any atom is 0.231 e. The summed E-state index contributed by atoms with van der Waals surface area (Å²) in [7, 11) is 2.03. The first-order valence-corrected chi connectivity index (χ1v) is 7.54. The quantitative estimate of drug-likeness (QED) is 0.789. The van der Waals surface area contributed by atoms with Crippen molar-refractivity contribution in [3.8, 4) is 0 Å². The van der Waals surface area contributed by atoms with Crippen LogP contribution in [0.4, 0.5) is 17.8 Å². The summed E-state index contributed by atoms with van der Waals surface area (Å²) in [6, 6.07) is 0.399. The average molecular weight is 280 g/mol. The standard InChI is InChI=1S/C14H28N6/c1-7-11(5)19(6)13-16-12(15-8-2)17-14(18-13)20(9-3)10-4/h11H,7-10H2,1-6H3,(H,15,16,17,18). The summed E-state index contributed by atoms with van der Waals surface area (Å²) in [6.45, 7) is 13.2. The first-order chi connectivity index (χ1) is 9.57. The molecule has 1 unspecified atom stereocenters. The molecule has 20 heavy (non-hydrogen) atoms. The Morgan fingerprint density at radius 3 is 2.10 bits per heavy atom. The minimum Gasteiger partial charge on any atom is -0.354 e. The van der Waals surface area contributed by atoms with E-state index in [2.05, 4.69) is 57.8 Å². The lowest BCUT2D eigenvalue weighted by molar-refractivity contribution is 0.645. The first-order valence-electron chi connectivity index (χ1n) is 7.54. The van der Waals surface area contributed by atoms with Gasteiger partial charge in [-0.1, -0.05) is 6.92 Å². The van der Waals surface area contributed by atoms with E-state index < -0.39 is 0 Å². The van der Waals surface area contributed by atoms with Crippen LogP contribution in [0.5, 0.6) is 0 Å². The molecule has 1 aromatic rings. The SMILES string of the molecule is CCNc1nc(N(CC)CC)nc(N(C)C(C)CC)n1. The van der Waals surface area contributed by atoms with Crippen molar-refractivity contribution in [1.82, 2.24) is 15.0 Å². The highest BCUT2D eigenvalue weighted by atomic mass is 15.4. The molecule has 1 aromatic heterocycles. The van der Waals surface area contributed by atoms with Crippen molar-refractivity contribution in [1.29, 1.82) is 0 Å². The Hall–Kier alpha value is -1.59. The zero-order chi connectivity index (χ0) is 15.1. The summed E-state index contributed by atoms with van der Waals surface area (Å²) in [5.74, 6) is 2.12. The van der Waals surface area contributed by atoms with Crippen LogP contribution in [0.3, 0.4) is 0 Å². The van der Waals surface area contributed by atoms with E-state index in [1.54, 1.807) is 0 Å². The van der Waals surface area contributed by atoms with Crippen molar-refractivity contribution >= 4 is 17.8 Å². The van der Waals surface area contributed by atoms with Crippen molar-refractivity contribution in [2.75, 3.05) is 41.8 Å². The maximum atomic E-state index is 4.62. The van der Waals surface area contributed by atoms with E-state index in [-0.39, 0.29) is 0 Å². The number of hydrogen-bond donors (Lipinski definition) is 1. The van der Waals surface area contributed by atoms with Gasteiger partial charge in [-0.2, -0.15) is 15.0 Å². The van der Waals surface area contributed by atoms with E-state index in [0.717, 1.165) is 38.0 Å².